The Hall–Kier alpha value is -1.91. The van der Waals surface area contributed by atoms with Crippen LogP contribution in [0.15, 0.2) is 6.07 Å². The summed E-state index contributed by atoms with van der Waals surface area (Å²) in [5.41, 5.74) is -0.460. The topological polar surface area (TPSA) is 157 Å². The van der Waals surface area contributed by atoms with Crippen molar-refractivity contribution >= 4 is 5.97 Å². The molecular formula is C14H16O9. The second-order valence-corrected chi connectivity index (χ2v) is 5.47. The van der Waals surface area contributed by atoms with Crippen molar-refractivity contribution in [3.63, 3.8) is 0 Å². The average molecular weight is 328 g/mol. The third-order valence-electron chi connectivity index (χ3n) is 4.19. The van der Waals surface area contributed by atoms with Gasteiger partial charge in [-0.15, -0.1) is 0 Å². The first kappa shape index (κ1) is 16.0. The second kappa shape index (κ2) is 5.62. The van der Waals surface area contributed by atoms with Crippen molar-refractivity contribution in [2.24, 2.45) is 0 Å². The minimum absolute atomic E-state index is 0.0718. The molecule has 3 rings (SSSR count). The molecule has 0 radical (unpaired) electrons. The number of aromatic hydroxyl groups is 2. The number of hydrogen-bond acceptors (Lipinski definition) is 9. The molecule has 1 saturated heterocycles. The maximum Gasteiger partial charge on any atom is 0.339 e. The van der Waals surface area contributed by atoms with E-state index in [2.05, 4.69) is 0 Å². The zero-order chi connectivity index (χ0) is 16.9. The van der Waals surface area contributed by atoms with E-state index in [1.54, 1.807) is 0 Å². The molecule has 2 aliphatic rings. The lowest BCUT2D eigenvalue weighted by atomic mass is 9.85. The van der Waals surface area contributed by atoms with Crippen molar-refractivity contribution < 1.29 is 44.9 Å². The molecule has 0 bridgehead atoms. The zero-order valence-electron chi connectivity index (χ0n) is 11.8. The van der Waals surface area contributed by atoms with Crippen LogP contribution < -0.4 is 0 Å². The number of carbonyl (C=O) groups excluding carboxylic acids is 1. The van der Waals surface area contributed by atoms with E-state index in [1.165, 1.54) is 0 Å². The van der Waals surface area contributed by atoms with Crippen LogP contribution in [0.3, 0.4) is 0 Å². The highest BCUT2D eigenvalue weighted by molar-refractivity contribution is 5.94. The van der Waals surface area contributed by atoms with Gasteiger partial charge in [0, 0.05) is 5.56 Å². The van der Waals surface area contributed by atoms with Crippen molar-refractivity contribution in [2.75, 3.05) is 6.61 Å². The average Bonchev–Trinajstić information content (AvgIpc) is 2.52. The van der Waals surface area contributed by atoms with Gasteiger partial charge in [-0.05, 0) is 6.07 Å². The first-order valence-corrected chi connectivity index (χ1v) is 6.92. The summed E-state index contributed by atoms with van der Waals surface area (Å²) >= 11 is 0. The lowest BCUT2D eigenvalue weighted by Crippen LogP contribution is -2.58. The molecule has 5 atom stereocenters. The number of aliphatic hydroxyl groups is 4. The van der Waals surface area contributed by atoms with Gasteiger partial charge in [-0.1, -0.05) is 0 Å². The molecule has 2 aliphatic heterocycles. The highest BCUT2D eigenvalue weighted by Gasteiger charge is 2.51. The Morgan fingerprint density at radius 3 is 2.43 bits per heavy atom. The molecule has 2 heterocycles. The molecule has 0 amide bonds. The summed E-state index contributed by atoms with van der Waals surface area (Å²) in [6, 6.07) is 1.02. The second-order valence-electron chi connectivity index (χ2n) is 5.47. The van der Waals surface area contributed by atoms with Crippen LogP contribution >= 0.6 is 0 Å². The first-order valence-electron chi connectivity index (χ1n) is 6.92. The number of hydrogen-bond donors (Lipinski definition) is 6. The van der Waals surface area contributed by atoms with Crippen LogP contribution in [0.4, 0.5) is 0 Å². The van der Waals surface area contributed by atoms with Gasteiger partial charge in [-0.25, -0.2) is 4.79 Å². The molecule has 0 spiro atoms. The van der Waals surface area contributed by atoms with Crippen LogP contribution in [0.25, 0.3) is 0 Å². The summed E-state index contributed by atoms with van der Waals surface area (Å²) in [4.78, 5) is 12.0. The fourth-order valence-corrected chi connectivity index (χ4v) is 2.97. The van der Waals surface area contributed by atoms with Crippen molar-refractivity contribution in [3.8, 4) is 11.5 Å². The molecule has 1 fully saturated rings. The van der Waals surface area contributed by atoms with Gasteiger partial charge in [-0.3, -0.25) is 0 Å². The maximum absolute atomic E-state index is 12.0. The Morgan fingerprint density at radius 2 is 1.83 bits per heavy atom. The largest absolute Gasteiger partial charge is 0.507 e. The lowest BCUT2D eigenvalue weighted by Gasteiger charge is -2.44. The molecule has 0 saturated carbocycles. The minimum atomic E-state index is -1.53. The number of esters is 1. The number of benzene rings is 1. The Labute approximate surface area is 129 Å². The number of aliphatic hydroxyl groups excluding tert-OH is 4. The van der Waals surface area contributed by atoms with Crippen LogP contribution in [0.2, 0.25) is 0 Å². The molecular weight excluding hydrogens is 312 g/mol. The van der Waals surface area contributed by atoms with Crippen molar-refractivity contribution in [1.29, 1.82) is 0 Å². The van der Waals surface area contributed by atoms with E-state index in [9.17, 15) is 35.4 Å². The predicted octanol–water partition coefficient (Wildman–Crippen LogP) is -1.72. The number of carbonyl (C=O) groups is 1. The number of phenols is 2. The first-order chi connectivity index (χ1) is 10.9. The highest BCUT2D eigenvalue weighted by Crippen LogP contribution is 2.46. The van der Waals surface area contributed by atoms with E-state index in [0.29, 0.717) is 0 Å². The molecule has 6 N–H and O–H groups in total. The van der Waals surface area contributed by atoms with E-state index < -0.39 is 61.2 Å². The molecule has 1 aromatic carbocycles. The van der Waals surface area contributed by atoms with Crippen LogP contribution in [0.5, 0.6) is 11.5 Å². The molecule has 0 aliphatic carbocycles. The van der Waals surface area contributed by atoms with Gasteiger partial charge in [0.1, 0.15) is 35.9 Å². The van der Waals surface area contributed by atoms with Crippen LogP contribution in [0, 0.1) is 0 Å². The molecule has 9 heteroatoms. The highest BCUT2D eigenvalue weighted by atomic mass is 16.6. The number of rotatable bonds is 2. The third-order valence-corrected chi connectivity index (χ3v) is 4.19. The lowest BCUT2D eigenvalue weighted by molar-refractivity contribution is -0.235. The Kier molecular flexibility index (Phi) is 3.90. The molecule has 1 aromatic rings. The van der Waals surface area contributed by atoms with E-state index in [4.69, 9.17) is 9.47 Å². The maximum atomic E-state index is 12.0. The van der Waals surface area contributed by atoms with Gasteiger partial charge < -0.3 is 40.1 Å². The predicted molar refractivity (Wildman–Crippen MR) is 71.6 cm³/mol. The molecule has 0 aromatic heterocycles. The summed E-state index contributed by atoms with van der Waals surface area (Å²) in [5, 5.41) is 58.5. The standard InChI is InChI=1S/C14H16O9/c15-2-5-6(17)1-4-8(9(5)18)12-13(23-14(4)21)11(20)10(19)7(3-16)22-12/h1,7,10-13,15-20H,2-3H2. The van der Waals surface area contributed by atoms with Crippen LogP contribution in [-0.4, -0.2) is 67.6 Å². The van der Waals surface area contributed by atoms with Gasteiger partial charge in [0.25, 0.3) is 0 Å². The Balaban J connectivity index is 2.16. The van der Waals surface area contributed by atoms with Crippen molar-refractivity contribution in [2.45, 2.75) is 37.1 Å². The normalized spacial score (nSPS) is 32.9. The Bertz CT molecular complexity index is 644. The quantitative estimate of drug-likeness (QED) is 0.348. The summed E-state index contributed by atoms with van der Waals surface area (Å²) < 4.78 is 10.5. The van der Waals surface area contributed by atoms with E-state index >= 15 is 0 Å². The van der Waals surface area contributed by atoms with Gasteiger partial charge in [0.15, 0.2) is 6.10 Å². The van der Waals surface area contributed by atoms with Crippen LogP contribution in [0.1, 0.15) is 27.6 Å². The Morgan fingerprint density at radius 1 is 1.13 bits per heavy atom. The summed E-state index contributed by atoms with van der Waals surface area (Å²) in [6.45, 7) is -1.29. The monoisotopic (exact) mass is 328 g/mol. The molecule has 5 unspecified atom stereocenters. The summed E-state index contributed by atoms with van der Waals surface area (Å²) in [6.07, 6.45) is -6.62. The SMILES string of the molecule is O=C1OC2C(OC(CO)C(O)C2O)c2c1cc(O)c(CO)c2O. The molecule has 9 nitrogen and oxygen atoms in total. The summed E-state index contributed by atoms with van der Waals surface area (Å²) in [5.74, 6) is -1.97. The molecule has 23 heavy (non-hydrogen) atoms. The van der Waals surface area contributed by atoms with Gasteiger partial charge in [0.05, 0.1) is 24.3 Å². The third kappa shape index (κ3) is 2.25. The van der Waals surface area contributed by atoms with Gasteiger partial charge in [-0.2, -0.15) is 0 Å². The van der Waals surface area contributed by atoms with Gasteiger partial charge >= 0.3 is 5.97 Å². The van der Waals surface area contributed by atoms with Crippen molar-refractivity contribution in [1.82, 2.24) is 0 Å². The fraction of sp³-hybridized carbons (Fsp3) is 0.500. The summed E-state index contributed by atoms with van der Waals surface area (Å²) in [7, 11) is 0. The number of fused-ring (bicyclic) bond motifs is 3. The van der Waals surface area contributed by atoms with E-state index in [0.717, 1.165) is 6.07 Å². The van der Waals surface area contributed by atoms with E-state index in [1.807, 2.05) is 0 Å². The fourth-order valence-electron chi connectivity index (χ4n) is 2.97. The minimum Gasteiger partial charge on any atom is -0.507 e. The van der Waals surface area contributed by atoms with Gasteiger partial charge in [0.2, 0.25) is 0 Å². The van der Waals surface area contributed by atoms with Crippen LogP contribution in [-0.2, 0) is 16.1 Å². The smallest absolute Gasteiger partial charge is 0.339 e. The number of ether oxygens (including phenoxy) is 2. The molecule has 126 valence electrons. The van der Waals surface area contributed by atoms with Crippen molar-refractivity contribution in [3.05, 3.63) is 22.8 Å². The van der Waals surface area contributed by atoms with E-state index in [-0.39, 0.29) is 16.7 Å². The zero-order valence-corrected chi connectivity index (χ0v) is 11.8.